The molecule has 3 heterocycles. The number of halogens is 1. The highest BCUT2D eigenvalue weighted by Gasteiger charge is 2.27. The van der Waals surface area contributed by atoms with Crippen LogP contribution in [0.4, 0.5) is 0 Å². The van der Waals surface area contributed by atoms with Gasteiger partial charge in [0.05, 0.1) is 19.8 Å². The molecule has 1 amide bonds. The smallest absolute Gasteiger partial charge is 0.325 e. The van der Waals surface area contributed by atoms with E-state index in [2.05, 4.69) is 16.8 Å². The fraction of sp³-hybridized carbons (Fsp3) is 0.773. The minimum Gasteiger partial charge on any atom is -0.464 e. The molecule has 0 spiro atoms. The van der Waals surface area contributed by atoms with E-state index in [9.17, 15) is 9.59 Å². The molecule has 8 nitrogen and oxygen atoms in total. The van der Waals surface area contributed by atoms with Crippen LogP contribution >= 0.6 is 12.4 Å². The summed E-state index contributed by atoms with van der Waals surface area (Å²) in [6.45, 7) is 8.02. The van der Waals surface area contributed by atoms with Crippen LogP contribution in [0.25, 0.3) is 0 Å². The third-order valence-corrected chi connectivity index (χ3v) is 6.05. The molecule has 1 aromatic heterocycles. The number of ether oxygens (including phenoxy) is 2. The van der Waals surface area contributed by atoms with Crippen LogP contribution in [0.2, 0.25) is 0 Å². The summed E-state index contributed by atoms with van der Waals surface area (Å²) < 4.78 is 12.5. The van der Waals surface area contributed by atoms with Crippen LogP contribution in [0.3, 0.4) is 0 Å². The summed E-state index contributed by atoms with van der Waals surface area (Å²) in [5.41, 5.74) is 0. The number of hydrogen-bond acceptors (Lipinski definition) is 6. The Kier molecular flexibility index (Phi) is 11.3. The number of esters is 1. The van der Waals surface area contributed by atoms with E-state index < -0.39 is 0 Å². The van der Waals surface area contributed by atoms with Crippen molar-refractivity contribution in [1.82, 2.24) is 19.4 Å². The molecular weight excluding hydrogens is 420 g/mol. The van der Waals surface area contributed by atoms with Crippen molar-refractivity contribution >= 4 is 24.3 Å². The number of amides is 1. The van der Waals surface area contributed by atoms with Crippen molar-refractivity contribution in [3.05, 3.63) is 18.2 Å². The van der Waals surface area contributed by atoms with Gasteiger partial charge < -0.3 is 18.9 Å². The standard InChI is InChI=1S/C22H36N4O4.ClH/c1-2-3-4-15-30-22(28)18-26-12-9-23-20(26)5-6-21(27)25-10-7-19(8-11-25)24-13-16-29-17-14-24;/h9,12,19H,2-8,10-11,13-18H2,1H3;1H. The second-order valence-electron chi connectivity index (χ2n) is 8.16. The Labute approximate surface area is 191 Å². The molecule has 176 valence electrons. The summed E-state index contributed by atoms with van der Waals surface area (Å²) in [4.78, 5) is 33.5. The Hall–Kier alpha value is -1.64. The van der Waals surface area contributed by atoms with Crippen LogP contribution in [-0.2, 0) is 32.0 Å². The van der Waals surface area contributed by atoms with Gasteiger partial charge in [0.15, 0.2) is 0 Å². The Morgan fingerprint density at radius 1 is 1.16 bits per heavy atom. The van der Waals surface area contributed by atoms with Crippen molar-refractivity contribution in [2.75, 3.05) is 46.0 Å². The van der Waals surface area contributed by atoms with Crippen molar-refractivity contribution in [2.45, 2.75) is 64.5 Å². The average molecular weight is 457 g/mol. The van der Waals surface area contributed by atoms with Crippen molar-refractivity contribution < 1.29 is 19.1 Å². The van der Waals surface area contributed by atoms with Gasteiger partial charge in [-0.15, -0.1) is 12.4 Å². The fourth-order valence-corrected chi connectivity index (χ4v) is 4.23. The highest BCUT2D eigenvalue weighted by atomic mass is 35.5. The number of likely N-dealkylation sites (tertiary alicyclic amines) is 1. The molecule has 2 aliphatic heterocycles. The van der Waals surface area contributed by atoms with Crippen LogP contribution < -0.4 is 0 Å². The first-order valence-electron chi connectivity index (χ1n) is 11.4. The molecule has 0 radical (unpaired) electrons. The normalized spacial score (nSPS) is 17.9. The van der Waals surface area contributed by atoms with Gasteiger partial charge in [-0.3, -0.25) is 14.5 Å². The zero-order chi connectivity index (χ0) is 21.2. The molecule has 0 bridgehead atoms. The SMILES string of the molecule is CCCCCOC(=O)Cn1ccnc1CCC(=O)N1CCC(N2CCOCC2)CC1.Cl. The maximum atomic E-state index is 12.7. The van der Waals surface area contributed by atoms with E-state index in [0.717, 1.165) is 77.3 Å². The number of nitrogens with zero attached hydrogens (tertiary/aromatic N) is 4. The van der Waals surface area contributed by atoms with Crippen LogP contribution in [-0.4, -0.2) is 83.3 Å². The zero-order valence-corrected chi connectivity index (χ0v) is 19.5. The van der Waals surface area contributed by atoms with E-state index in [-0.39, 0.29) is 30.8 Å². The highest BCUT2D eigenvalue weighted by molar-refractivity contribution is 5.85. The predicted molar refractivity (Wildman–Crippen MR) is 120 cm³/mol. The van der Waals surface area contributed by atoms with Crippen LogP contribution in [0, 0.1) is 0 Å². The first-order chi connectivity index (χ1) is 14.7. The number of rotatable bonds is 10. The first-order valence-corrected chi connectivity index (χ1v) is 11.4. The number of piperidine rings is 1. The molecule has 0 aromatic carbocycles. The van der Waals surface area contributed by atoms with Gasteiger partial charge in [0.25, 0.3) is 0 Å². The van der Waals surface area contributed by atoms with Crippen LogP contribution in [0.1, 0.15) is 51.3 Å². The zero-order valence-electron chi connectivity index (χ0n) is 18.7. The second-order valence-corrected chi connectivity index (χ2v) is 8.16. The summed E-state index contributed by atoms with van der Waals surface area (Å²) in [5.74, 6) is 0.686. The van der Waals surface area contributed by atoms with Gasteiger partial charge >= 0.3 is 5.97 Å². The topological polar surface area (TPSA) is 76.9 Å². The highest BCUT2D eigenvalue weighted by Crippen LogP contribution is 2.18. The Bertz CT molecular complexity index is 670. The lowest BCUT2D eigenvalue weighted by Gasteiger charge is -2.40. The molecule has 0 atom stereocenters. The number of imidazole rings is 1. The lowest BCUT2D eigenvalue weighted by molar-refractivity contribution is -0.144. The molecule has 31 heavy (non-hydrogen) atoms. The van der Waals surface area contributed by atoms with E-state index in [1.165, 1.54) is 0 Å². The fourth-order valence-electron chi connectivity index (χ4n) is 4.23. The van der Waals surface area contributed by atoms with Crippen molar-refractivity contribution in [2.24, 2.45) is 0 Å². The summed E-state index contributed by atoms with van der Waals surface area (Å²) >= 11 is 0. The minimum absolute atomic E-state index is 0. The molecule has 3 rings (SSSR count). The molecule has 0 saturated carbocycles. The number of hydrogen-bond donors (Lipinski definition) is 0. The van der Waals surface area contributed by atoms with E-state index in [4.69, 9.17) is 9.47 Å². The minimum atomic E-state index is -0.248. The van der Waals surface area contributed by atoms with Gasteiger partial charge in [0.2, 0.25) is 5.91 Å². The third-order valence-electron chi connectivity index (χ3n) is 6.05. The summed E-state index contributed by atoms with van der Waals surface area (Å²) in [6, 6.07) is 0.570. The van der Waals surface area contributed by atoms with Crippen molar-refractivity contribution in [1.29, 1.82) is 0 Å². The van der Waals surface area contributed by atoms with Crippen LogP contribution in [0.15, 0.2) is 12.4 Å². The van der Waals surface area contributed by atoms with Gasteiger partial charge in [-0.2, -0.15) is 0 Å². The Balaban J connectivity index is 0.00000341. The van der Waals surface area contributed by atoms with Crippen molar-refractivity contribution in [3.8, 4) is 0 Å². The monoisotopic (exact) mass is 456 g/mol. The number of aromatic nitrogens is 2. The predicted octanol–water partition coefficient (Wildman–Crippen LogP) is 2.29. The maximum Gasteiger partial charge on any atom is 0.325 e. The Morgan fingerprint density at radius 3 is 2.61 bits per heavy atom. The summed E-state index contributed by atoms with van der Waals surface area (Å²) in [5, 5.41) is 0. The van der Waals surface area contributed by atoms with Crippen molar-refractivity contribution in [3.63, 3.8) is 0 Å². The molecule has 9 heteroatoms. The lowest BCUT2D eigenvalue weighted by atomic mass is 10.0. The van der Waals surface area contributed by atoms with Gasteiger partial charge in [0, 0.05) is 57.5 Å². The second kappa shape index (κ2) is 13.7. The molecule has 0 unspecified atom stereocenters. The Morgan fingerprint density at radius 2 is 1.90 bits per heavy atom. The van der Waals surface area contributed by atoms with Gasteiger partial charge in [-0.25, -0.2) is 4.98 Å². The number of aryl methyl sites for hydroxylation is 1. The van der Waals surface area contributed by atoms with Crippen LogP contribution in [0.5, 0.6) is 0 Å². The summed E-state index contributed by atoms with van der Waals surface area (Å²) in [6.07, 6.45) is 9.55. The van der Waals surface area contributed by atoms with E-state index in [0.29, 0.717) is 25.5 Å². The third kappa shape index (κ3) is 8.09. The molecule has 2 fully saturated rings. The quantitative estimate of drug-likeness (QED) is 0.397. The molecule has 1 aromatic rings. The molecular formula is C22H37ClN4O4. The average Bonchev–Trinajstić information content (AvgIpc) is 3.22. The number of carbonyl (C=O) groups is 2. The van der Waals surface area contributed by atoms with Gasteiger partial charge in [0.1, 0.15) is 12.4 Å². The van der Waals surface area contributed by atoms with E-state index >= 15 is 0 Å². The van der Waals surface area contributed by atoms with Gasteiger partial charge in [-0.05, 0) is 19.3 Å². The largest absolute Gasteiger partial charge is 0.464 e. The molecule has 0 aliphatic carbocycles. The molecule has 2 aliphatic rings. The number of carbonyl (C=O) groups excluding carboxylic acids is 2. The maximum absolute atomic E-state index is 12.7. The summed E-state index contributed by atoms with van der Waals surface area (Å²) in [7, 11) is 0. The first kappa shape index (κ1) is 25.6. The number of unbranched alkanes of at least 4 members (excludes halogenated alkanes) is 2. The van der Waals surface area contributed by atoms with E-state index in [1.807, 2.05) is 4.90 Å². The molecule has 2 saturated heterocycles. The van der Waals surface area contributed by atoms with E-state index in [1.54, 1.807) is 17.0 Å². The number of morpholine rings is 1. The lowest BCUT2D eigenvalue weighted by Crippen LogP contribution is -2.50. The van der Waals surface area contributed by atoms with Gasteiger partial charge in [-0.1, -0.05) is 19.8 Å². The molecule has 0 N–H and O–H groups in total.